The monoisotopic (exact) mass is 445 g/mol. The molecule has 0 saturated heterocycles. The first-order valence-corrected chi connectivity index (χ1v) is 10.4. The van der Waals surface area contributed by atoms with Crippen LogP contribution >= 0.6 is 0 Å². The fraction of sp³-hybridized carbons (Fsp3) is 0.160. The van der Waals surface area contributed by atoms with Crippen LogP contribution in [0.15, 0.2) is 78.9 Å². The van der Waals surface area contributed by atoms with Gasteiger partial charge in [0.05, 0.1) is 6.42 Å². The number of carbonyl (C=O) groups excluding carboxylic acids is 2. The van der Waals surface area contributed by atoms with Crippen molar-refractivity contribution in [2.45, 2.75) is 12.5 Å². The first-order valence-electron chi connectivity index (χ1n) is 10.4. The second-order valence-electron chi connectivity index (χ2n) is 7.36. The molecule has 0 aliphatic rings. The molecular formula is C25H25N4O4-. The molecule has 0 saturated carbocycles. The van der Waals surface area contributed by atoms with Crippen LogP contribution in [-0.4, -0.2) is 42.0 Å². The molecule has 2 amide bonds. The van der Waals surface area contributed by atoms with Crippen molar-refractivity contribution in [2.24, 2.45) is 5.73 Å². The van der Waals surface area contributed by atoms with Gasteiger partial charge >= 0.3 is 0 Å². The Kier molecular flexibility index (Phi) is 7.91. The lowest BCUT2D eigenvalue weighted by atomic mass is 10.1. The Labute approximate surface area is 191 Å². The van der Waals surface area contributed by atoms with Crippen molar-refractivity contribution < 1.29 is 19.8 Å². The number of rotatable bonds is 9. The number of nitrogens with one attached hydrogen (secondary N) is 2. The Morgan fingerprint density at radius 2 is 1.58 bits per heavy atom. The quantitative estimate of drug-likeness (QED) is 0.293. The third-order valence-corrected chi connectivity index (χ3v) is 5.04. The zero-order valence-corrected chi connectivity index (χ0v) is 17.9. The van der Waals surface area contributed by atoms with Gasteiger partial charge in [0.2, 0.25) is 5.91 Å². The average molecular weight is 445 g/mol. The van der Waals surface area contributed by atoms with E-state index in [9.17, 15) is 19.8 Å². The van der Waals surface area contributed by atoms with Crippen LogP contribution in [0.1, 0.15) is 12.0 Å². The SMILES string of the molecule is N=C(N)c1ccc(NC(=O)[C@H](O)CC(=O)N(CC[O-])c2ccc(-c3ccccc3)cc2)cc1. The van der Waals surface area contributed by atoms with Crippen LogP contribution in [0.25, 0.3) is 11.1 Å². The summed E-state index contributed by atoms with van der Waals surface area (Å²) in [6.45, 7) is -0.596. The van der Waals surface area contributed by atoms with Gasteiger partial charge in [0.15, 0.2) is 0 Å². The molecule has 33 heavy (non-hydrogen) atoms. The van der Waals surface area contributed by atoms with Crippen LogP contribution in [0.4, 0.5) is 11.4 Å². The Morgan fingerprint density at radius 3 is 2.15 bits per heavy atom. The van der Waals surface area contributed by atoms with Gasteiger partial charge in [-0.3, -0.25) is 15.0 Å². The predicted molar refractivity (Wildman–Crippen MR) is 126 cm³/mol. The smallest absolute Gasteiger partial charge is 0.253 e. The maximum atomic E-state index is 12.8. The van der Waals surface area contributed by atoms with E-state index in [1.165, 1.54) is 4.90 Å². The zero-order chi connectivity index (χ0) is 23.8. The third kappa shape index (κ3) is 6.25. The van der Waals surface area contributed by atoms with Gasteiger partial charge in [0.1, 0.15) is 11.9 Å². The van der Waals surface area contributed by atoms with Gasteiger partial charge in [-0.1, -0.05) is 42.5 Å². The fourth-order valence-electron chi connectivity index (χ4n) is 3.28. The minimum absolute atomic E-state index is 0.0790. The van der Waals surface area contributed by atoms with E-state index in [2.05, 4.69) is 5.32 Å². The molecule has 5 N–H and O–H groups in total. The molecule has 8 heteroatoms. The third-order valence-electron chi connectivity index (χ3n) is 5.04. The number of anilines is 2. The van der Waals surface area contributed by atoms with E-state index < -0.39 is 30.9 Å². The highest BCUT2D eigenvalue weighted by Gasteiger charge is 2.23. The van der Waals surface area contributed by atoms with E-state index in [-0.39, 0.29) is 12.4 Å². The van der Waals surface area contributed by atoms with Gasteiger partial charge in [-0.2, -0.15) is 0 Å². The number of benzene rings is 3. The number of amidine groups is 1. The topological polar surface area (TPSA) is 143 Å². The number of carbonyl (C=O) groups is 2. The van der Waals surface area contributed by atoms with E-state index >= 15 is 0 Å². The maximum Gasteiger partial charge on any atom is 0.253 e. The standard InChI is InChI=1S/C25H25N4O4/c26-24(27)19-6-10-20(11-7-19)28-25(33)22(31)16-23(32)29(14-15-30)21-12-8-18(9-13-21)17-4-2-1-3-5-17/h1-13,22,31H,14-16H2,(H3,26,27)(H,28,33)/q-1/t22-/m1/s1. The molecule has 0 aliphatic carbocycles. The number of nitrogen functional groups attached to an aromatic ring is 1. The number of nitrogens with two attached hydrogens (primary N) is 1. The van der Waals surface area contributed by atoms with Crippen molar-refractivity contribution in [1.82, 2.24) is 0 Å². The summed E-state index contributed by atoms with van der Waals surface area (Å²) in [7, 11) is 0. The van der Waals surface area contributed by atoms with E-state index in [4.69, 9.17) is 11.1 Å². The van der Waals surface area contributed by atoms with Gasteiger partial charge in [0.25, 0.3) is 5.91 Å². The van der Waals surface area contributed by atoms with Crippen molar-refractivity contribution >= 4 is 29.0 Å². The van der Waals surface area contributed by atoms with Gasteiger partial charge in [-0.15, -0.1) is 6.61 Å². The summed E-state index contributed by atoms with van der Waals surface area (Å²) in [5, 5.41) is 31.4. The molecule has 0 spiro atoms. The lowest BCUT2D eigenvalue weighted by Gasteiger charge is -2.25. The molecule has 170 valence electrons. The van der Waals surface area contributed by atoms with Crippen LogP contribution in [0.3, 0.4) is 0 Å². The average Bonchev–Trinajstić information content (AvgIpc) is 2.83. The highest BCUT2D eigenvalue weighted by atomic mass is 16.3. The number of aliphatic hydroxyl groups is 1. The predicted octanol–water partition coefficient (Wildman–Crippen LogP) is 1.72. The summed E-state index contributed by atoms with van der Waals surface area (Å²) in [6.07, 6.45) is -2.07. The van der Waals surface area contributed by atoms with E-state index in [1.54, 1.807) is 36.4 Å². The molecule has 0 aromatic heterocycles. The lowest BCUT2D eigenvalue weighted by Crippen LogP contribution is -2.40. The Morgan fingerprint density at radius 1 is 0.970 bits per heavy atom. The number of hydrogen-bond acceptors (Lipinski definition) is 5. The van der Waals surface area contributed by atoms with Crippen molar-refractivity contribution in [3.8, 4) is 11.1 Å². The molecule has 0 unspecified atom stereocenters. The zero-order valence-electron chi connectivity index (χ0n) is 17.9. The Bertz CT molecular complexity index is 1100. The number of nitrogens with zero attached hydrogens (tertiary/aromatic N) is 1. The van der Waals surface area contributed by atoms with Crippen LogP contribution < -0.4 is 21.1 Å². The summed E-state index contributed by atoms with van der Waals surface area (Å²) >= 11 is 0. The number of amides is 2. The van der Waals surface area contributed by atoms with Crippen LogP contribution in [0.5, 0.6) is 0 Å². The van der Waals surface area contributed by atoms with Gasteiger partial charge in [0, 0.05) is 23.5 Å². The Hall–Kier alpha value is -4.01. The maximum absolute atomic E-state index is 12.8. The van der Waals surface area contributed by atoms with Gasteiger partial charge < -0.3 is 26.2 Å². The van der Waals surface area contributed by atoms with Crippen LogP contribution in [-0.2, 0) is 9.59 Å². The molecule has 0 aliphatic heterocycles. The first-order chi connectivity index (χ1) is 15.9. The molecule has 8 nitrogen and oxygen atoms in total. The van der Waals surface area contributed by atoms with E-state index in [0.29, 0.717) is 16.9 Å². The minimum Gasteiger partial charge on any atom is -0.853 e. The molecule has 3 rings (SSSR count). The molecule has 1 atom stereocenters. The van der Waals surface area contributed by atoms with Crippen molar-refractivity contribution in [3.63, 3.8) is 0 Å². The Balaban J connectivity index is 1.65. The second kappa shape index (κ2) is 11.0. The molecule has 0 heterocycles. The van der Waals surface area contributed by atoms with Crippen molar-refractivity contribution in [2.75, 3.05) is 23.4 Å². The normalized spacial score (nSPS) is 11.5. The van der Waals surface area contributed by atoms with E-state index in [0.717, 1.165) is 11.1 Å². The van der Waals surface area contributed by atoms with Crippen molar-refractivity contribution in [3.05, 3.63) is 84.4 Å². The van der Waals surface area contributed by atoms with Crippen LogP contribution in [0.2, 0.25) is 0 Å². The van der Waals surface area contributed by atoms with Crippen LogP contribution in [0, 0.1) is 5.41 Å². The summed E-state index contributed by atoms with van der Waals surface area (Å²) in [6, 6.07) is 23.1. The lowest BCUT2D eigenvalue weighted by molar-refractivity contribution is -0.363. The second-order valence-corrected chi connectivity index (χ2v) is 7.36. The molecule has 0 bridgehead atoms. The largest absolute Gasteiger partial charge is 0.853 e. The van der Waals surface area contributed by atoms with Gasteiger partial charge in [-0.25, -0.2) is 0 Å². The van der Waals surface area contributed by atoms with Crippen molar-refractivity contribution in [1.29, 1.82) is 5.41 Å². The summed E-state index contributed by atoms with van der Waals surface area (Å²) in [5.41, 5.74) is 8.79. The van der Waals surface area contributed by atoms with E-state index in [1.807, 2.05) is 42.5 Å². The molecular weight excluding hydrogens is 420 g/mol. The fourth-order valence-corrected chi connectivity index (χ4v) is 3.28. The summed E-state index contributed by atoms with van der Waals surface area (Å²) in [5.74, 6) is -1.39. The minimum atomic E-state index is -1.59. The highest BCUT2D eigenvalue weighted by molar-refractivity contribution is 6.01. The summed E-state index contributed by atoms with van der Waals surface area (Å²) in [4.78, 5) is 26.4. The molecule has 3 aromatic rings. The highest BCUT2D eigenvalue weighted by Crippen LogP contribution is 2.23. The number of hydrogen-bond donors (Lipinski definition) is 4. The summed E-state index contributed by atoms with van der Waals surface area (Å²) < 4.78 is 0. The molecule has 3 aromatic carbocycles. The molecule has 0 radical (unpaired) electrons. The first kappa shape index (κ1) is 23.6. The number of aliphatic hydroxyl groups excluding tert-OH is 1. The van der Waals surface area contributed by atoms with Gasteiger partial charge in [-0.05, 0) is 47.5 Å². The molecule has 0 fully saturated rings.